The summed E-state index contributed by atoms with van der Waals surface area (Å²) in [5.41, 5.74) is 4.45. The van der Waals surface area contributed by atoms with Crippen LogP contribution in [0.2, 0.25) is 0 Å². The van der Waals surface area contributed by atoms with E-state index in [-0.39, 0.29) is 11.8 Å². The SMILES string of the molecule is CCOc1cc2c(cc1OC)CCN(C=O)[C@H]2CCc1c[nH]c2ccc(O)cc12. The number of H-pyrrole nitrogens is 1. The van der Waals surface area contributed by atoms with Crippen LogP contribution in [-0.2, 0) is 17.6 Å². The number of phenols is 1. The highest BCUT2D eigenvalue weighted by molar-refractivity contribution is 5.84. The molecule has 0 aliphatic carbocycles. The Morgan fingerprint density at radius 2 is 2.14 bits per heavy atom. The Balaban J connectivity index is 1.66. The molecule has 2 N–H and O–H groups in total. The van der Waals surface area contributed by atoms with Gasteiger partial charge in [0, 0.05) is 23.6 Å². The van der Waals surface area contributed by atoms with Crippen molar-refractivity contribution >= 4 is 17.3 Å². The number of aromatic amines is 1. The Bertz CT molecular complexity index is 1030. The minimum absolute atomic E-state index is 0.0244. The maximum atomic E-state index is 11.8. The molecule has 1 amide bonds. The van der Waals surface area contributed by atoms with E-state index in [1.165, 1.54) is 5.56 Å². The maximum absolute atomic E-state index is 11.8. The van der Waals surface area contributed by atoms with Gasteiger partial charge in [-0.1, -0.05) is 0 Å². The van der Waals surface area contributed by atoms with Crippen molar-refractivity contribution in [1.29, 1.82) is 0 Å². The Morgan fingerprint density at radius 3 is 2.90 bits per heavy atom. The summed E-state index contributed by atoms with van der Waals surface area (Å²) in [5, 5.41) is 10.9. The Hall–Kier alpha value is -3.15. The first-order valence-corrected chi connectivity index (χ1v) is 9.98. The van der Waals surface area contributed by atoms with Crippen LogP contribution >= 0.6 is 0 Å². The number of phenolic OH excluding ortho intramolecular Hbond substituents is 1. The number of aryl methyl sites for hydroxylation is 1. The van der Waals surface area contributed by atoms with Gasteiger partial charge >= 0.3 is 0 Å². The molecule has 152 valence electrons. The molecule has 6 heteroatoms. The largest absolute Gasteiger partial charge is 0.508 e. The van der Waals surface area contributed by atoms with E-state index in [2.05, 4.69) is 4.98 Å². The summed E-state index contributed by atoms with van der Waals surface area (Å²) in [7, 11) is 1.65. The zero-order valence-corrected chi connectivity index (χ0v) is 16.8. The van der Waals surface area contributed by atoms with Crippen LogP contribution in [-0.4, -0.2) is 41.7 Å². The molecule has 0 fully saturated rings. The highest BCUT2D eigenvalue weighted by Gasteiger charge is 2.28. The number of carbonyl (C=O) groups is 1. The molecule has 1 atom stereocenters. The molecule has 6 nitrogen and oxygen atoms in total. The van der Waals surface area contributed by atoms with Crippen LogP contribution in [0.5, 0.6) is 17.2 Å². The average Bonchev–Trinajstić information content (AvgIpc) is 3.13. The van der Waals surface area contributed by atoms with Gasteiger partial charge in [-0.15, -0.1) is 0 Å². The number of methoxy groups -OCH3 is 1. The number of hydrogen-bond donors (Lipinski definition) is 2. The third-order valence-corrected chi connectivity index (χ3v) is 5.70. The summed E-state index contributed by atoms with van der Waals surface area (Å²) in [5.74, 6) is 1.70. The smallest absolute Gasteiger partial charge is 0.210 e. The molecule has 0 unspecified atom stereocenters. The van der Waals surface area contributed by atoms with Crippen molar-refractivity contribution in [3.63, 3.8) is 0 Å². The van der Waals surface area contributed by atoms with Gasteiger partial charge in [0.15, 0.2) is 11.5 Å². The van der Waals surface area contributed by atoms with Gasteiger partial charge in [-0.2, -0.15) is 0 Å². The van der Waals surface area contributed by atoms with Gasteiger partial charge in [-0.3, -0.25) is 4.79 Å². The van der Waals surface area contributed by atoms with E-state index < -0.39 is 0 Å². The molecular weight excluding hydrogens is 368 g/mol. The molecule has 1 aliphatic heterocycles. The lowest BCUT2D eigenvalue weighted by Gasteiger charge is -2.35. The molecule has 4 rings (SSSR count). The third-order valence-electron chi connectivity index (χ3n) is 5.70. The average molecular weight is 394 g/mol. The molecule has 0 spiro atoms. The molecule has 1 aromatic heterocycles. The number of nitrogens with one attached hydrogen (secondary N) is 1. The maximum Gasteiger partial charge on any atom is 0.210 e. The number of benzene rings is 2. The van der Waals surface area contributed by atoms with E-state index >= 15 is 0 Å². The molecule has 3 aromatic rings. The quantitative estimate of drug-likeness (QED) is 0.595. The molecule has 0 saturated heterocycles. The molecular formula is C23H26N2O4. The van der Waals surface area contributed by atoms with Crippen LogP contribution in [0.15, 0.2) is 36.5 Å². The molecule has 0 bridgehead atoms. The molecule has 1 aliphatic rings. The molecule has 0 saturated carbocycles. The van der Waals surface area contributed by atoms with Gasteiger partial charge in [-0.05, 0) is 73.2 Å². The van der Waals surface area contributed by atoms with Gasteiger partial charge in [0.25, 0.3) is 0 Å². The lowest BCUT2D eigenvalue weighted by molar-refractivity contribution is -0.120. The topological polar surface area (TPSA) is 74.8 Å². The summed E-state index contributed by atoms with van der Waals surface area (Å²) in [6, 6.07) is 9.38. The van der Waals surface area contributed by atoms with Crippen molar-refractivity contribution in [2.75, 3.05) is 20.3 Å². The van der Waals surface area contributed by atoms with Crippen molar-refractivity contribution in [3.8, 4) is 17.2 Å². The van der Waals surface area contributed by atoms with Gasteiger partial charge in [0.1, 0.15) is 5.75 Å². The third kappa shape index (κ3) is 3.62. The lowest BCUT2D eigenvalue weighted by atomic mass is 9.88. The van der Waals surface area contributed by atoms with E-state index in [1.54, 1.807) is 19.2 Å². The van der Waals surface area contributed by atoms with E-state index in [1.807, 2.05) is 36.2 Å². The minimum atomic E-state index is -0.0244. The fraction of sp³-hybridized carbons (Fsp3) is 0.348. The van der Waals surface area contributed by atoms with E-state index in [9.17, 15) is 9.90 Å². The fourth-order valence-electron chi connectivity index (χ4n) is 4.27. The van der Waals surface area contributed by atoms with Crippen LogP contribution in [0.3, 0.4) is 0 Å². The number of nitrogens with zero attached hydrogens (tertiary/aromatic N) is 1. The highest BCUT2D eigenvalue weighted by Crippen LogP contribution is 2.40. The number of hydrogen-bond acceptors (Lipinski definition) is 4. The zero-order valence-electron chi connectivity index (χ0n) is 16.8. The molecule has 2 aromatic carbocycles. The minimum Gasteiger partial charge on any atom is -0.508 e. The number of aromatic nitrogens is 1. The second-order valence-electron chi connectivity index (χ2n) is 7.33. The normalized spacial score (nSPS) is 15.9. The Labute approximate surface area is 170 Å². The molecule has 2 heterocycles. The summed E-state index contributed by atoms with van der Waals surface area (Å²) in [6.45, 7) is 3.18. The van der Waals surface area contributed by atoms with Gasteiger partial charge < -0.3 is 24.5 Å². The number of ether oxygens (including phenoxy) is 2. The lowest BCUT2D eigenvalue weighted by Crippen LogP contribution is -2.34. The molecule has 0 radical (unpaired) electrons. The van der Waals surface area contributed by atoms with Crippen molar-refractivity contribution in [3.05, 3.63) is 53.2 Å². The monoisotopic (exact) mass is 394 g/mol. The van der Waals surface area contributed by atoms with E-state index in [0.717, 1.165) is 53.5 Å². The van der Waals surface area contributed by atoms with Crippen LogP contribution in [0.25, 0.3) is 10.9 Å². The fourth-order valence-corrected chi connectivity index (χ4v) is 4.27. The zero-order chi connectivity index (χ0) is 20.4. The van der Waals surface area contributed by atoms with Gasteiger partial charge in [-0.25, -0.2) is 0 Å². The number of aromatic hydroxyl groups is 1. The van der Waals surface area contributed by atoms with Crippen LogP contribution < -0.4 is 9.47 Å². The number of carbonyl (C=O) groups excluding carboxylic acids is 1. The second-order valence-corrected chi connectivity index (χ2v) is 7.33. The van der Waals surface area contributed by atoms with E-state index in [4.69, 9.17) is 9.47 Å². The first-order chi connectivity index (χ1) is 14.1. The highest BCUT2D eigenvalue weighted by atomic mass is 16.5. The van der Waals surface area contributed by atoms with Gasteiger partial charge in [0.05, 0.1) is 19.8 Å². The predicted molar refractivity (Wildman–Crippen MR) is 112 cm³/mol. The summed E-state index contributed by atoms with van der Waals surface area (Å²) in [4.78, 5) is 16.9. The Morgan fingerprint density at radius 1 is 1.28 bits per heavy atom. The predicted octanol–water partition coefficient (Wildman–Crippen LogP) is 3.97. The van der Waals surface area contributed by atoms with Crippen LogP contribution in [0, 0.1) is 0 Å². The van der Waals surface area contributed by atoms with Crippen molar-refractivity contribution in [2.45, 2.75) is 32.2 Å². The number of fused-ring (bicyclic) bond motifs is 2. The van der Waals surface area contributed by atoms with Crippen molar-refractivity contribution in [1.82, 2.24) is 9.88 Å². The Kier molecular flexibility index (Phi) is 5.34. The number of rotatable bonds is 7. The van der Waals surface area contributed by atoms with Crippen LogP contribution in [0.1, 0.15) is 36.1 Å². The summed E-state index contributed by atoms with van der Waals surface area (Å²) < 4.78 is 11.3. The second kappa shape index (κ2) is 8.07. The van der Waals surface area contributed by atoms with Crippen molar-refractivity contribution in [2.24, 2.45) is 0 Å². The van der Waals surface area contributed by atoms with E-state index in [0.29, 0.717) is 18.9 Å². The van der Waals surface area contributed by atoms with Crippen LogP contribution in [0.4, 0.5) is 0 Å². The van der Waals surface area contributed by atoms with Crippen molar-refractivity contribution < 1.29 is 19.4 Å². The first kappa shape index (κ1) is 19.2. The number of amides is 1. The van der Waals surface area contributed by atoms with Gasteiger partial charge in [0.2, 0.25) is 6.41 Å². The summed E-state index contributed by atoms with van der Waals surface area (Å²) >= 11 is 0. The molecule has 29 heavy (non-hydrogen) atoms. The standard InChI is InChI=1S/C23H26N2O4/c1-3-29-23-12-19-15(10-22(23)28-2)8-9-25(14-26)21(19)7-4-16-13-24-20-6-5-17(27)11-18(16)20/h5-6,10-14,21,24,27H,3-4,7-9H2,1-2H3/t21-/m0/s1. The summed E-state index contributed by atoms with van der Waals surface area (Å²) in [6.07, 6.45) is 5.30. The first-order valence-electron chi connectivity index (χ1n) is 9.98.